The Kier molecular flexibility index (Phi) is 7.66. The number of aromatic amines is 1. The molecule has 1 aromatic carbocycles. The topological polar surface area (TPSA) is 119 Å². The average molecular weight is 494 g/mol. The molecule has 0 spiro atoms. The summed E-state index contributed by atoms with van der Waals surface area (Å²) in [6.07, 6.45) is 4.33. The molecule has 0 atom stereocenters. The first kappa shape index (κ1) is 24.3. The van der Waals surface area contributed by atoms with Crippen molar-refractivity contribution in [2.24, 2.45) is 0 Å². The molecule has 10 nitrogen and oxygen atoms in total. The normalized spacial score (nSPS) is 10.9. The van der Waals surface area contributed by atoms with Crippen molar-refractivity contribution < 1.29 is 14.3 Å². The number of unbranched alkanes of at least 4 members (excludes halogenated alkanes) is 1. The van der Waals surface area contributed by atoms with Crippen LogP contribution < -0.4 is 4.90 Å². The van der Waals surface area contributed by atoms with Crippen LogP contribution in [0.5, 0.6) is 0 Å². The Hall–Kier alpha value is -3.86. The highest BCUT2D eigenvalue weighted by molar-refractivity contribution is 7.10. The van der Waals surface area contributed by atoms with E-state index in [9.17, 15) is 9.59 Å². The van der Waals surface area contributed by atoms with Crippen molar-refractivity contribution in [3.63, 3.8) is 0 Å². The number of esters is 1. The van der Waals surface area contributed by atoms with Gasteiger partial charge in [0, 0.05) is 17.8 Å². The quantitative estimate of drug-likeness (QED) is 0.334. The van der Waals surface area contributed by atoms with Gasteiger partial charge >= 0.3 is 5.97 Å². The van der Waals surface area contributed by atoms with Crippen molar-refractivity contribution in [3.8, 4) is 0 Å². The van der Waals surface area contributed by atoms with Crippen LogP contribution in [0.1, 0.15) is 62.4 Å². The average Bonchev–Trinajstić information content (AvgIpc) is 3.63. The van der Waals surface area contributed by atoms with Gasteiger partial charge in [0.15, 0.2) is 0 Å². The van der Waals surface area contributed by atoms with Crippen LogP contribution in [-0.2, 0) is 24.2 Å². The molecule has 0 bridgehead atoms. The minimum absolute atomic E-state index is 0.202. The Morgan fingerprint density at radius 2 is 2.00 bits per heavy atom. The van der Waals surface area contributed by atoms with Gasteiger partial charge in [-0.2, -0.15) is 5.21 Å². The first-order valence-corrected chi connectivity index (χ1v) is 12.2. The number of methoxy groups -OCH3 is 1. The number of thiophene rings is 1. The number of imidazole rings is 1. The summed E-state index contributed by atoms with van der Waals surface area (Å²) in [6.45, 7) is 4.88. The lowest BCUT2D eigenvalue weighted by atomic mass is 10.1. The number of hydrogen-bond acceptors (Lipinski definition) is 8. The highest BCUT2D eigenvalue weighted by atomic mass is 32.1. The minimum Gasteiger partial charge on any atom is -0.465 e. The molecule has 3 aromatic heterocycles. The van der Waals surface area contributed by atoms with Crippen LogP contribution in [0, 0.1) is 6.92 Å². The molecule has 1 N–H and O–H groups in total. The number of ether oxygens (including phenoxy) is 1. The number of nitrogens with zero attached hydrogens (tertiary/aromatic N) is 6. The molecule has 0 saturated carbocycles. The molecule has 0 aliphatic carbocycles. The zero-order chi connectivity index (χ0) is 24.8. The lowest BCUT2D eigenvalue weighted by Crippen LogP contribution is -2.33. The predicted molar refractivity (Wildman–Crippen MR) is 131 cm³/mol. The van der Waals surface area contributed by atoms with E-state index < -0.39 is 5.97 Å². The summed E-state index contributed by atoms with van der Waals surface area (Å²) in [7, 11) is 1.35. The van der Waals surface area contributed by atoms with E-state index in [-0.39, 0.29) is 11.9 Å². The van der Waals surface area contributed by atoms with Crippen LogP contribution in [0.4, 0.5) is 5.95 Å². The number of aryl methyl sites for hydroxylation is 2. The fourth-order valence-corrected chi connectivity index (χ4v) is 4.59. The SMILES string of the molecule is CCCCc1ncc(C(=O)N(Cc2sccc2C)c2nn[nH]n2)n1Cc1ccc(C(=O)OC)cc1. The maximum atomic E-state index is 13.8. The summed E-state index contributed by atoms with van der Waals surface area (Å²) in [5, 5.41) is 16.2. The smallest absolute Gasteiger partial charge is 0.337 e. The van der Waals surface area contributed by atoms with Gasteiger partial charge < -0.3 is 9.30 Å². The van der Waals surface area contributed by atoms with Gasteiger partial charge in [-0.05, 0) is 53.3 Å². The van der Waals surface area contributed by atoms with Crippen LogP contribution in [0.3, 0.4) is 0 Å². The number of benzene rings is 1. The standard InChI is InChI=1S/C24H27N7O3S/c1-4-5-6-21-25-13-19(30(21)14-17-7-9-18(10-8-17)23(33)34-3)22(32)31(24-26-28-29-27-24)15-20-16(2)11-12-35-20/h7-13H,4-6,14-15H2,1-3H3,(H,26,27,28,29). The molecule has 0 fully saturated rings. The first-order chi connectivity index (χ1) is 17.0. The van der Waals surface area contributed by atoms with Crippen molar-refractivity contribution in [1.29, 1.82) is 0 Å². The zero-order valence-electron chi connectivity index (χ0n) is 19.9. The van der Waals surface area contributed by atoms with Crippen LogP contribution in [-0.4, -0.2) is 49.2 Å². The van der Waals surface area contributed by atoms with Gasteiger partial charge in [-0.1, -0.05) is 30.6 Å². The third-order valence-electron chi connectivity index (χ3n) is 5.72. The maximum Gasteiger partial charge on any atom is 0.337 e. The number of aromatic nitrogens is 6. The predicted octanol–water partition coefficient (Wildman–Crippen LogP) is 3.79. The van der Waals surface area contributed by atoms with E-state index in [0.717, 1.165) is 41.1 Å². The number of nitrogens with one attached hydrogen (secondary N) is 1. The monoisotopic (exact) mass is 493 g/mol. The van der Waals surface area contributed by atoms with Crippen LogP contribution >= 0.6 is 11.3 Å². The summed E-state index contributed by atoms with van der Waals surface area (Å²) < 4.78 is 6.72. The van der Waals surface area contributed by atoms with Crippen LogP contribution in [0.25, 0.3) is 0 Å². The number of carbonyl (C=O) groups is 2. The van der Waals surface area contributed by atoms with Crippen molar-refractivity contribution >= 4 is 29.2 Å². The number of anilines is 1. The lowest BCUT2D eigenvalue weighted by molar-refractivity contribution is 0.0600. The van der Waals surface area contributed by atoms with Gasteiger partial charge in [-0.25, -0.2) is 9.78 Å². The Bertz CT molecular complexity index is 1280. The largest absolute Gasteiger partial charge is 0.465 e. The molecule has 4 rings (SSSR count). The Labute approximate surface area is 207 Å². The van der Waals surface area contributed by atoms with Crippen molar-refractivity contribution in [3.05, 3.63) is 75.0 Å². The zero-order valence-corrected chi connectivity index (χ0v) is 20.7. The number of amides is 1. The van der Waals surface area contributed by atoms with Gasteiger partial charge in [0.2, 0.25) is 0 Å². The fourth-order valence-electron chi connectivity index (χ4n) is 3.69. The summed E-state index contributed by atoms with van der Waals surface area (Å²) in [4.78, 5) is 32.8. The molecule has 0 saturated heterocycles. The van der Waals surface area contributed by atoms with E-state index in [1.807, 2.05) is 35.1 Å². The van der Waals surface area contributed by atoms with E-state index in [1.54, 1.807) is 29.7 Å². The highest BCUT2D eigenvalue weighted by Gasteiger charge is 2.27. The number of tetrazole rings is 1. The lowest BCUT2D eigenvalue weighted by Gasteiger charge is -2.20. The van der Waals surface area contributed by atoms with Crippen molar-refractivity contribution in [2.45, 2.75) is 46.2 Å². The second-order valence-corrected chi connectivity index (χ2v) is 9.07. The van der Waals surface area contributed by atoms with Gasteiger partial charge in [-0.15, -0.1) is 16.4 Å². The summed E-state index contributed by atoms with van der Waals surface area (Å²) >= 11 is 1.58. The van der Waals surface area contributed by atoms with E-state index >= 15 is 0 Å². The highest BCUT2D eigenvalue weighted by Crippen LogP contribution is 2.23. The second kappa shape index (κ2) is 11.0. The Morgan fingerprint density at radius 1 is 1.20 bits per heavy atom. The molecule has 0 aliphatic heterocycles. The molecular weight excluding hydrogens is 466 g/mol. The van der Waals surface area contributed by atoms with E-state index in [1.165, 1.54) is 12.0 Å². The molecule has 11 heteroatoms. The third-order valence-corrected chi connectivity index (χ3v) is 6.73. The number of H-pyrrole nitrogens is 1. The summed E-state index contributed by atoms with van der Waals surface area (Å²) in [5.74, 6) is 0.375. The van der Waals surface area contributed by atoms with Crippen LogP contribution in [0.15, 0.2) is 41.9 Å². The molecule has 0 aliphatic rings. The van der Waals surface area contributed by atoms with Crippen LogP contribution in [0.2, 0.25) is 0 Å². The Morgan fingerprint density at radius 3 is 2.63 bits per heavy atom. The molecule has 0 radical (unpaired) electrons. The van der Waals surface area contributed by atoms with Gasteiger partial charge in [-0.3, -0.25) is 9.69 Å². The fraction of sp³-hybridized carbons (Fsp3) is 0.333. The molecule has 4 aromatic rings. The molecule has 1 amide bonds. The third kappa shape index (κ3) is 5.46. The molecule has 0 unspecified atom stereocenters. The number of rotatable bonds is 10. The van der Waals surface area contributed by atoms with E-state index in [2.05, 4.69) is 32.5 Å². The first-order valence-electron chi connectivity index (χ1n) is 11.3. The molecule has 35 heavy (non-hydrogen) atoms. The number of carbonyl (C=O) groups excluding carboxylic acids is 2. The molecule has 3 heterocycles. The molecule has 182 valence electrons. The second-order valence-electron chi connectivity index (χ2n) is 8.07. The molecular formula is C24H27N7O3S. The van der Waals surface area contributed by atoms with E-state index in [0.29, 0.717) is 24.3 Å². The Balaban J connectivity index is 1.68. The minimum atomic E-state index is -0.390. The van der Waals surface area contributed by atoms with Crippen molar-refractivity contribution in [2.75, 3.05) is 12.0 Å². The summed E-state index contributed by atoms with van der Waals surface area (Å²) in [6, 6.07) is 9.17. The van der Waals surface area contributed by atoms with Crippen molar-refractivity contribution in [1.82, 2.24) is 30.2 Å². The van der Waals surface area contributed by atoms with Gasteiger partial charge in [0.1, 0.15) is 11.5 Å². The number of hydrogen-bond donors (Lipinski definition) is 1. The van der Waals surface area contributed by atoms with Gasteiger partial charge in [0.05, 0.1) is 25.4 Å². The maximum absolute atomic E-state index is 13.8. The van der Waals surface area contributed by atoms with Gasteiger partial charge in [0.25, 0.3) is 11.9 Å². The van der Waals surface area contributed by atoms with E-state index in [4.69, 9.17) is 4.74 Å². The summed E-state index contributed by atoms with van der Waals surface area (Å²) in [5.41, 5.74) is 2.94.